The van der Waals surface area contributed by atoms with Gasteiger partial charge in [-0.2, -0.15) is 0 Å². The van der Waals surface area contributed by atoms with E-state index in [1.165, 1.54) is 6.07 Å². The second-order valence-corrected chi connectivity index (χ2v) is 3.00. The van der Waals surface area contributed by atoms with Gasteiger partial charge in [0.05, 0.1) is 0 Å². The molecule has 1 aromatic rings. The molecule has 1 atom stereocenters. The Balaban J connectivity index is 0.000000845. The SMILES string of the molecule is Cl.Oc1ccc([C@H]2CCN2)c(F)c1. The van der Waals surface area contributed by atoms with Gasteiger partial charge in [0.1, 0.15) is 11.6 Å². The predicted octanol–water partition coefficient (Wildman–Crippen LogP) is 1.99. The van der Waals surface area contributed by atoms with Gasteiger partial charge < -0.3 is 10.4 Å². The molecule has 2 nitrogen and oxygen atoms in total. The first kappa shape index (κ1) is 10.3. The fourth-order valence-electron chi connectivity index (χ4n) is 1.35. The van der Waals surface area contributed by atoms with Crippen molar-refractivity contribution in [3.8, 4) is 5.75 Å². The average Bonchev–Trinajstić information content (AvgIpc) is 1.91. The molecule has 1 fully saturated rings. The van der Waals surface area contributed by atoms with Crippen molar-refractivity contribution in [3.05, 3.63) is 29.6 Å². The van der Waals surface area contributed by atoms with E-state index in [1.54, 1.807) is 6.07 Å². The lowest BCUT2D eigenvalue weighted by atomic mass is 9.97. The van der Waals surface area contributed by atoms with Crippen molar-refractivity contribution in [1.29, 1.82) is 0 Å². The first-order chi connectivity index (χ1) is 5.77. The van der Waals surface area contributed by atoms with E-state index in [4.69, 9.17) is 5.11 Å². The molecule has 1 heterocycles. The van der Waals surface area contributed by atoms with E-state index in [9.17, 15) is 4.39 Å². The van der Waals surface area contributed by atoms with Crippen LogP contribution in [0.4, 0.5) is 4.39 Å². The molecule has 13 heavy (non-hydrogen) atoms. The quantitative estimate of drug-likeness (QED) is 0.732. The van der Waals surface area contributed by atoms with E-state index in [1.807, 2.05) is 0 Å². The van der Waals surface area contributed by atoms with Gasteiger partial charge in [-0.05, 0) is 19.0 Å². The van der Waals surface area contributed by atoms with Crippen molar-refractivity contribution in [1.82, 2.24) is 5.32 Å². The van der Waals surface area contributed by atoms with Gasteiger partial charge in [-0.1, -0.05) is 6.07 Å². The van der Waals surface area contributed by atoms with Crippen LogP contribution in [0.25, 0.3) is 0 Å². The van der Waals surface area contributed by atoms with Crippen molar-refractivity contribution in [2.24, 2.45) is 0 Å². The molecule has 0 unspecified atom stereocenters. The summed E-state index contributed by atoms with van der Waals surface area (Å²) in [5.74, 6) is -0.345. The highest BCUT2D eigenvalue weighted by Crippen LogP contribution is 2.27. The Morgan fingerprint density at radius 1 is 1.46 bits per heavy atom. The molecular weight excluding hydrogens is 193 g/mol. The minimum absolute atomic E-state index is 0. The Kier molecular flexibility index (Phi) is 3.12. The lowest BCUT2D eigenvalue weighted by molar-refractivity contribution is 0.368. The maximum Gasteiger partial charge on any atom is 0.131 e. The van der Waals surface area contributed by atoms with E-state index in [0.29, 0.717) is 5.56 Å². The van der Waals surface area contributed by atoms with Crippen molar-refractivity contribution < 1.29 is 9.50 Å². The summed E-state index contributed by atoms with van der Waals surface area (Å²) in [7, 11) is 0. The van der Waals surface area contributed by atoms with Gasteiger partial charge in [-0.3, -0.25) is 0 Å². The molecule has 0 amide bonds. The summed E-state index contributed by atoms with van der Waals surface area (Å²) in [6.45, 7) is 0.949. The topological polar surface area (TPSA) is 32.3 Å². The van der Waals surface area contributed by atoms with Crippen LogP contribution in [-0.2, 0) is 0 Å². The van der Waals surface area contributed by atoms with Gasteiger partial charge in [0, 0.05) is 17.7 Å². The number of phenolic OH excluding ortho intramolecular Hbond substituents is 1. The molecule has 0 radical (unpaired) electrons. The molecule has 1 aliphatic rings. The molecule has 72 valence electrons. The highest BCUT2D eigenvalue weighted by Gasteiger charge is 2.21. The van der Waals surface area contributed by atoms with E-state index in [-0.39, 0.29) is 30.0 Å². The molecule has 1 aliphatic heterocycles. The zero-order valence-corrected chi connectivity index (χ0v) is 7.77. The lowest BCUT2D eigenvalue weighted by Gasteiger charge is -2.28. The van der Waals surface area contributed by atoms with Gasteiger partial charge in [0.25, 0.3) is 0 Å². The molecule has 4 heteroatoms. The van der Waals surface area contributed by atoms with Crippen molar-refractivity contribution in [2.45, 2.75) is 12.5 Å². The number of aromatic hydroxyl groups is 1. The molecule has 0 aromatic heterocycles. The van der Waals surface area contributed by atoms with Crippen LogP contribution in [0, 0.1) is 5.82 Å². The second kappa shape index (κ2) is 3.94. The van der Waals surface area contributed by atoms with Crippen LogP contribution in [0.3, 0.4) is 0 Å². The van der Waals surface area contributed by atoms with Crippen LogP contribution in [-0.4, -0.2) is 11.7 Å². The Morgan fingerprint density at radius 3 is 2.62 bits per heavy atom. The van der Waals surface area contributed by atoms with Gasteiger partial charge in [0.2, 0.25) is 0 Å². The highest BCUT2D eigenvalue weighted by atomic mass is 35.5. The maximum absolute atomic E-state index is 13.1. The zero-order valence-electron chi connectivity index (χ0n) is 6.96. The Hall–Kier alpha value is -0.800. The summed E-state index contributed by atoms with van der Waals surface area (Å²) in [6.07, 6.45) is 0.974. The average molecular weight is 204 g/mol. The van der Waals surface area contributed by atoms with Gasteiger partial charge in [-0.15, -0.1) is 12.4 Å². The normalized spacial score (nSPS) is 20.2. The first-order valence-electron chi connectivity index (χ1n) is 3.99. The lowest BCUT2D eigenvalue weighted by Crippen LogP contribution is -2.35. The smallest absolute Gasteiger partial charge is 0.131 e. The Labute approximate surface area is 82.2 Å². The fourth-order valence-corrected chi connectivity index (χ4v) is 1.35. The third-order valence-electron chi connectivity index (χ3n) is 2.18. The van der Waals surface area contributed by atoms with Crippen LogP contribution in [0.2, 0.25) is 0 Å². The van der Waals surface area contributed by atoms with E-state index >= 15 is 0 Å². The van der Waals surface area contributed by atoms with E-state index in [2.05, 4.69) is 5.32 Å². The van der Waals surface area contributed by atoms with Gasteiger partial charge in [0.15, 0.2) is 0 Å². The minimum atomic E-state index is -0.327. The molecule has 1 aromatic carbocycles. The first-order valence-corrected chi connectivity index (χ1v) is 3.99. The zero-order chi connectivity index (χ0) is 8.55. The number of benzene rings is 1. The van der Waals surface area contributed by atoms with Crippen LogP contribution in [0.1, 0.15) is 18.0 Å². The van der Waals surface area contributed by atoms with E-state index < -0.39 is 0 Å². The molecule has 1 saturated heterocycles. The molecule has 2 N–H and O–H groups in total. The molecule has 0 saturated carbocycles. The van der Waals surface area contributed by atoms with Crippen LogP contribution >= 0.6 is 12.4 Å². The van der Waals surface area contributed by atoms with Crippen molar-refractivity contribution in [3.63, 3.8) is 0 Å². The van der Waals surface area contributed by atoms with Gasteiger partial charge in [-0.25, -0.2) is 4.39 Å². The number of hydrogen-bond acceptors (Lipinski definition) is 2. The number of hydrogen-bond donors (Lipinski definition) is 2. The molecular formula is C9H11ClFNO. The summed E-state index contributed by atoms with van der Waals surface area (Å²) in [4.78, 5) is 0. The number of rotatable bonds is 1. The van der Waals surface area contributed by atoms with Crippen molar-refractivity contribution in [2.75, 3.05) is 6.54 Å². The monoisotopic (exact) mass is 203 g/mol. The minimum Gasteiger partial charge on any atom is -0.508 e. The summed E-state index contributed by atoms with van der Waals surface area (Å²) >= 11 is 0. The molecule has 0 spiro atoms. The Morgan fingerprint density at radius 2 is 2.15 bits per heavy atom. The van der Waals surface area contributed by atoms with Crippen LogP contribution < -0.4 is 5.32 Å². The van der Waals surface area contributed by atoms with Crippen LogP contribution in [0.15, 0.2) is 18.2 Å². The predicted molar refractivity (Wildman–Crippen MR) is 50.7 cm³/mol. The van der Waals surface area contributed by atoms with Gasteiger partial charge >= 0.3 is 0 Å². The molecule has 0 aliphatic carbocycles. The highest BCUT2D eigenvalue weighted by molar-refractivity contribution is 5.85. The third kappa shape index (κ3) is 1.92. The molecule has 0 bridgehead atoms. The van der Waals surface area contributed by atoms with Crippen LogP contribution in [0.5, 0.6) is 5.75 Å². The number of phenols is 1. The van der Waals surface area contributed by atoms with Crippen molar-refractivity contribution >= 4 is 12.4 Å². The number of nitrogens with one attached hydrogen (secondary N) is 1. The fraction of sp³-hybridized carbons (Fsp3) is 0.333. The second-order valence-electron chi connectivity index (χ2n) is 3.00. The third-order valence-corrected chi connectivity index (χ3v) is 2.18. The summed E-state index contributed by atoms with van der Waals surface area (Å²) < 4.78 is 13.1. The molecule has 2 rings (SSSR count). The standard InChI is InChI=1S/C9H10FNO.ClH/c10-8-5-6(12)1-2-7(8)9-3-4-11-9;/h1-2,5,9,11-12H,3-4H2;1H/t9-;/m1./s1. The Bertz CT molecular complexity index is 302. The maximum atomic E-state index is 13.1. The summed E-state index contributed by atoms with van der Waals surface area (Å²) in [5.41, 5.74) is 0.652. The summed E-state index contributed by atoms with van der Waals surface area (Å²) in [5, 5.41) is 12.1. The van der Waals surface area contributed by atoms with E-state index in [0.717, 1.165) is 19.0 Å². The number of halogens is 2. The summed E-state index contributed by atoms with van der Waals surface area (Å²) in [6, 6.07) is 4.43. The largest absolute Gasteiger partial charge is 0.508 e.